The lowest BCUT2D eigenvalue weighted by Gasteiger charge is -2.26. The van der Waals surface area contributed by atoms with E-state index in [1.54, 1.807) is 18.3 Å². The van der Waals surface area contributed by atoms with E-state index in [0.717, 1.165) is 16.5 Å². The summed E-state index contributed by atoms with van der Waals surface area (Å²) >= 11 is 0. The molecule has 0 spiro atoms. The second-order valence-electron chi connectivity index (χ2n) is 11.8. The highest BCUT2D eigenvalue weighted by molar-refractivity contribution is 5.94. The molecule has 4 atom stereocenters. The van der Waals surface area contributed by atoms with Crippen LogP contribution >= 0.6 is 0 Å². The van der Waals surface area contributed by atoms with Gasteiger partial charge in [-0.3, -0.25) is 14.4 Å². The number of nitrogens with one attached hydrogen (secondary N) is 4. The van der Waals surface area contributed by atoms with Gasteiger partial charge in [0.05, 0.1) is 6.04 Å². The van der Waals surface area contributed by atoms with Crippen molar-refractivity contribution in [3.8, 4) is 5.75 Å². The monoisotopic (exact) mass is 593 g/mol. The molecule has 8 N–H and O–H groups in total. The summed E-state index contributed by atoms with van der Waals surface area (Å²) in [5.41, 5.74) is 8.24. The molecule has 0 saturated heterocycles. The Labute approximate surface area is 251 Å². The molecule has 0 bridgehead atoms. The van der Waals surface area contributed by atoms with Crippen LogP contribution in [0.2, 0.25) is 0 Å². The van der Waals surface area contributed by atoms with Crippen molar-refractivity contribution in [2.45, 2.75) is 77.5 Å². The first kappa shape index (κ1) is 33.1. The summed E-state index contributed by atoms with van der Waals surface area (Å²) in [7, 11) is 0. The van der Waals surface area contributed by atoms with Crippen molar-refractivity contribution >= 4 is 34.6 Å². The zero-order chi connectivity index (χ0) is 31.7. The first-order valence-electron chi connectivity index (χ1n) is 14.6. The van der Waals surface area contributed by atoms with Crippen LogP contribution in [-0.4, -0.2) is 63.1 Å². The number of nitrogens with two attached hydrogens (primary N) is 1. The highest BCUT2D eigenvalue weighted by Crippen LogP contribution is 2.19. The number of phenolic OH excluding ortho intramolecular Hbond substituents is 1. The van der Waals surface area contributed by atoms with Crippen molar-refractivity contribution in [2.24, 2.45) is 17.6 Å². The molecule has 0 aliphatic rings. The number of hydrogen-bond donors (Lipinski definition) is 7. The number of H-pyrrole nitrogens is 1. The molecule has 0 saturated carbocycles. The first-order valence-corrected chi connectivity index (χ1v) is 14.6. The van der Waals surface area contributed by atoms with Crippen LogP contribution in [0.1, 0.15) is 51.7 Å². The Kier molecular flexibility index (Phi) is 11.7. The number of rotatable bonds is 15. The van der Waals surface area contributed by atoms with E-state index in [0.29, 0.717) is 18.4 Å². The van der Waals surface area contributed by atoms with E-state index in [2.05, 4.69) is 20.9 Å². The van der Waals surface area contributed by atoms with Crippen LogP contribution in [0.25, 0.3) is 10.9 Å². The van der Waals surface area contributed by atoms with Gasteiger partial charge in [-0.2, -0.15) is 0 Å². The number of carboxylic acids is 1. The number of phenols is 1. The lowest BCUT2D eigenvalue weighted by atomic mass is 9.99. The summed E-state index contributed by atoms with van der Waals surface area (Å²) in [4.78, 5) is 55.3. The SMILES string of the molecule is CC(C)CC(N)C(=O)NC(CC(C)C)C(=O)NC(Cc1ccc(O)cc1)C(=O)NC(Cc1c[nH]c2ccccc12)C(=O)O. The van der Waals surface area contributed by atoms with Crippen molar-refractivity contribution in [3.63, 3.8) is 0 Å². The molecule has 0 fully saturated rings. The number of benzene rings is 2. The third kappa shape index (κ3) is 9.85. The molecule has 1 heterocycles. The average Bonchev–Trinajstić information content (AvgIpc) is 3.35. The number of hydrogen-bond acceptors (Lipinski definition) is 6. The van der Waals surface area contributed by atoms with Crippen LogP contribution in [0.3, 0.4) is 0 Å². The van der Waals surface area contributed by atoms with E-state index in [9.17, 15) is 29.4 Å². The molecule has 11 heteroatoms. The molecule has 3 amide bonds. The summed E-state index contributed by atoms with van der Waals surface area (Å²) in [6.07, 6.45) is 2.50. The van der Waals surface area contributed by atoms with Gasteiger partial charge in [0.25, 0.3) is 0 Å². The number of carbonyl (C=O) groups is 4. The van der Waals surface area contributed by atoms with Crippen molar-refractivity contribution in [2.75, 3.05) is 0 Å². The Balaban J connectivity index is 1.82. The Hall–Kier alpha value is -4.38. The zero-order valence-electron chi connectivity index (χ0n) is 25.1. The topological polar surface area (TPSA) is 187 Å². The van der Waals surface area contributed by atoms with Crippen molar-refractivity contribution in [3.05, 3.63) is 65.9 Å². The van der Waals surface area contributed by atoms with Gasteiger partial charge in [-0.25, -0.2) is 4.79 Å². The zero-order valence-corrected chi connectivity index (χ0v) is 25.1. The molecule has 232 valence electrons. The fraction of sp³-hybridized carbons (Fsp3) is 0.438. The molecular weight excluding hydrogens is 550 g/mol. The number of fused-ring (bicyclic) bond motifs is 1. The van der Waals surface area contributed by atoms with Crippen LogP contribution in [0.15, 0.2) is 54.7 Å². The van der Waals surface area contributed by atoms with Gasteiger partial charge in [0.15, 0.2) is 0 Å². The van der Waals surface area contributed by atoms with Gasteiger partial charge in [0.1, 0.15) is 23.9 Å². The third-order valence-corrected chi connectivity index (χ3v) is 7.12. The van der Waals surface area contributed by atoms with Gasteiger partial charge in [-0.05, 0) is 54.0 Å². The second kappa shape index (κ2) is 15.2. The largest absolute Gasteiger partial charge is 0.508 e. The third-order valence-electron chi connectivity index (χ3n) is 7.12. The molecule has 0 aliphatic carbocycles. The normalized spacial score (nSPS) is 14.2. The van der Waals surface area contributed by atoms with E-state index in [4.69, 9.17) is 5.73 Å². The van der Waals surface area contributed by atoms with E-state index in [1.807, 2.05) is 52.0 Å². The molecule has 4 unspecified atom stereocenters. The number of para-hydroxylation sites is 1. The molecule has 0 radical (unpaired) electrons. The smallest absolute Gasteiger partial charge is 0.326 e. The van der Waals surface area contributed by atoms with E-state index in [-0.39, 0.29) is 30.4 Å². The predicted molar refractivity (Wildman–Crippen MR) is 164 cm³/mol. The summed E-state index contributed by atoms with van der Waals surface area (Å²) in [6.45, 7) is 7.70. The summed E-state index contributed by atoms with van der Waals surface area (Å²) in [6, 6.07) is 9.40. The van der Waals surface area contributed by atoms with Crippen molar-refractivity contribution < 1.29 is 29.4 Å². The van der Waals surface area contributed by atoms with Gasteiger partial charge in [-0.1, -0.05) is 58.0 Å². The van der Waals surface area contributed by atoms with E-state index in [1.165, 1.54) is 12.1 Å². The molecule has 11 nitrogen and oxygen atoms in total. The van der Waals surface area contributed by atoms with Crippen LogP contribution in [0, 0.1) is 11.8 Å². The predicted octanol–water partition coefficient (Wildman–Crippen LogP) is 2.62. The van der Waals surface area contributed by atoms with Gasteiger partial charge < -0.3 is 36.9 Å². The summed E-state index contributed by atoms with van der Waals surface area (Å²) < 4.78 is 0. The van der Waals surface area contributed by atoms with Gasteiger partial charge in [-0.15, -0.1) is 0 Å². The number of carbonyl (C=O) groups excluding carboxylic acids is 3. The Bertz CT molecular complexity index is 1400. The maximum absolute atomic E-state index is 13.6. The summed E-state index contributed by atoms with van der Waals surface area (Å²) in [5, 5.41) is 28.6. The number of aromatic nitrogens is 1. The number of aliphatic carboxylic acids is 1. The minimum absolute atomic E-state index is 0.0186. The molecular formula is C32H43N5O6. The first-order chi connectivity index (χ1) is 20.3. The minimum atomic E-state index is -1.27. The van der Waals surface area contributed by atoms with Gasteiger partial charge in [0, 0.05) is 29.9 Å². The second-order valence-corrected chi connectivity index (χ2v) is 11.8. The number of aromatic amines is 1. The van der Waals surface area contributed by atoms with Crippen LogP contribution in [-0.2, 0) is 32.0 Å². The van der Waals surface area contributed by atoms with Crippen molar-refractivity contribution in [1.29, 1.82) is 0 Å². The number of aromatic hydroxyl groups is 1. The van der Waals surface area contributed by atoms with E-state index >= 15 is 0 Å². The van der Waals surface area contributed by atoms with Crippen LogP contribution < -0.4 is 21.7 Å². The quantitative estimate of drug-likeness (QED) is 0.141. The highest BCUT2D eigenvalue weighted by Gasteiger charge is 2.31. The minimum Gasteiger partial charge on any atom is -0.508 e. The van der Waals surface area contributed by atoms with Gasteiger partial charge >= 0.3 is 5.97 Å². The maximum atomic E-state index is 13.6. The molecule has 3 rings (SSSR count). The van der Waals surface area contributed by atoms with E-state index < -0.39 is 47.9 Å². The lowest BCUT2D eigenvalue weighted by molar-refractivity contribution is -0.142. The Morgan fingerprint density at radius 1 is 0.767 bits per heavy atom. The molecule has 0 aliphatic heterocycles. The molecule has 2 aromatic carbocycles. The molecule has 3 aromatic rings. The highest BCUT2D eigenvalue weighted by atomic mass is 16.4. The van der Waals surface area contributed by atoms with Crippen LogP contribution in [0.5, 0.6) is 5.75 Å². The lowest BCUT2D eigenvalue weighted by Crippen LogP contribution is -2.58. The standard InChI is InChI=1S/C32H43N5O6/c1-18(2)13-24(33)29(39)35-26(14-19(3)4)30(40)36-27(15-20-9-11-22(38)12-10-20)31(41)37-28(32(42)43)16-21-17-34-25-8-6-5-7-23(21)25/h5-12,17-19,24,26-28,34,38H,13-16,33H2,1-4H3,(H,35,39)(H,36,40)(H,37,41)(H,42,43). The van der Waals surface area contributed by atoms with Crippen LogP contribution in [0.4, 0.5) is 0 Å². The Morgan fingerprint density at radius 2 is 1.35 bits per heavy atom. The fourth-order valence-electron chi connectivity index (χ4n) is 4.94. The Morgan fingerprint density at radius 3 is 1.98 bits per heavy atom. The number of carboxylic acid groups (broad SMARTS) is 1. The fourth-order valence-corrected chi connectivity index (χ4v) is 4.94. The van der Waals surface area contributed by atoms with Gasteiger partial charge in [0.2, 0.25) is 17.7 Å². The average molecular weight is 594 g/mol. The molecule has 1 aromatic heterocycles. The van der Waals surface area contributed by atoms with Crippen molar-refractivity contribution in [1.82, 2.24) is 20.9 Å². The maximum Gasteiger partial charge on any atom is 0.326 e. The molecule has 43 heavy (non-hydrogen) atoms. The number of amides is 3. The summed E-state index contributed by atoms with van der Waals surface area (Å²) in [5.74, 6) is -2.70.